The van der Waals surface area contributed by atoms with Crippen molar-refractivity contribution in [3.63, 3.8) is 0 Å². The molecule has 1 amide bonds. The molecule has 7 heteroatoms. The number of carbonyl (C=O) groups excluding carboxylic acids is 2. The average Bonchev–Trinajstić information content (AvgIpc) is 2.60. The summed E-state index contributed by atoms with van der Waals surface area (Å²) in [7, 11) is 2.91. The van der Waals surface area contributed by atoms with Crippen molar-refractivity contribution in [3.8, 4) is 23.0 Å². The molecule has 0 saturated heterocycles. The summed E-state index contributed by atoms with van der Waals surface area (Å²) in [5, 5.41) is 2.65. The van der Waals surface area contributed by atoms with Crippen molar-refractivity contribution in [2.45, 2.75) is 0 Å². The van der Waals surface area contributed by atoms with Gasteiger partial charge in [-0.15, -0.1) is 0 Å². The molecule has 24 heavy (non-hydrogen) atoms. The van der Waals surface area contributed by atoms with Gasteiger partial charge in [-0.05, 0) is 24.3 Å². The topological polar surface area (TPSA) is 83.1 Å². The first-order valence-electron chi connectivity index (χ1n) is 7.12. The van der Waals surface area contributed by atoms with E-state index in [1.54, 1.807) is 30.3 Å². The number of rotatable bonds is 4. The molecule has 0 saturated carbocycles. The zero-order chi connectivity index (χ0) is 17.1. The van der Waals surface area contributed by atoms with Crippen molar-refractivity contribution >= 4 is 17.6 Å². The predicted octanol–water partition coefficient (Wildman–Crippen LogP) is 2.25. The van der Waals surface area contributed by atoms with Gasteiger partial charge in [0, 0.05) is 6.07 Å². The van der Waals surface area contributed by atoms with Crippen LogP contribution in [0.2, 0.25) is 0 Å². The number of fused-ring (bicyclic) bond motifs is 1. The van der Waals surface area contributed by atoms with E-state index in [4.69, 9.17) is 18.9 Å². The first kappa shape index (κ1) is 15.7. The second-order valence-corrected chi connectivity index (χ2v) is 4.92. The molecular weight excluding hydrogens is 314 g/mol. The van der Waals surface area contributed by atoms with Gasteiger partial charge in [0.25, 0.3) is 5.91 Å². The van der Waals surface area contributed by atoms with Gasteiger partial charge in [0.05, 0.1) is 19.9 Å². The summed E-state index contributed by atoms with van der Waals surface area (Å²) in [4.78, 5) is 23.9. The van der Waals surface area contributed by atoms with E-state index in [1.165, 1.54) is 20.3 Å². The quantitative estimate of drug-likeness (QED) is 0.684. The lowest BCUT2D eigenvalue weighted by molar-refractivity contribution is -0.118. The molecule has 2 aromatic carbocycles. The Hall–Kier alpha value is -3.22. The Balaban J connectivity index is 1.88. The number of methoxy groups -OCH3 is 2. The van der Waals surface area contributed by atoms with E-state index in [-0.39, 0.29) is 23.8 Å². The van der Waals surface area contributed by atoms with E-state index < -0.39 is 5.97 Å². The zero-order valence-electron chi connectivity index (χ0n) is 13.1. The maximum atomic E-state index is 12.5. The highest BCUT2D eigenvalue weighted by atomic mass is 16.5. The molecule has 7 nitrogen and oxygen atoms in total. The van der Waals surface area contributed by atoms with Crippen LogP contribution < -0.4 is 24.3 Å². The Bertz CT molecular complexity index is 779. The summed E-state index contributed by atoms with van der Waals surface area (Å²) in [6.45, 7) is -0.0372. The first-order chi connectivity index (χ1) is 11.6. The van der Waals surface area contributed by atoms with Crippen molar-refractivity contribution < 1.29 is 28.5 Å². The summed E-state index contributed by atoms with van der Waals surface area (Å²) in [5.74, 6) is 0.564. The van der Waals surface area contributed by atoms with Crippen LogP contribution >= 0.6 is 0 Å². The summed E-state index contributed by atoms with van der Waals surface area (Å²) in [6, 6.07) is 9.71. The Morgan fingerprint density at radius 3 is 2.50 bits per heavy atom. The van der Waals surface area contributed by atoms with Crippen LogP contribution in [-0.2, 0) is 4.79 Å². The second-order valence-electron chi connectivity index (χ2n) is 4.92. The van der Waals surface area contributed by atoms with Crippen molar-refractivity contribution in [3.05, 3.63) is 42.0 Å². The minimum absolute atomic E-state index is 0.0372. The molecule has 124 valence electrons. The van der Waals surface area contributed by atoms with E-state index in [1.807, 2.05) is 0 Å². The fourth-order valence-electron chi connectivity index (χ4n) is 2.34. The third-order valence-electron chi connectivity index (χ3n) is 3.43. The Morgan fingerprint density at radius 1 is 1.12 bits per heavy atom. The second kappa shape index (κ2) is 6.49. The van der Waals surface area contributed by atoms with Crippen LogP contribution in [0.5, 0.6) is 23.0 Å². The van der Waals surface area contributed by atoms with E-state index in [0.717, 1.165) is 0 Å². The summed E-state index contributed by atoms with van der Waals surface area (Å²) in [6.07, 6.45) is 0. The number of amides is 1. The third kappa shape index (κ3) is 2.96. The molecule has 0 spiro atoms. The third-order valence-corrected chi connectivity index (χ3v) is 3.43. The largest absolute Gasteiger partial charge is 0.496 e. The number of benzene rings is 2. The maximum absolute atomic E-state index is 12.5. The fraction of sp³-hybridized carbons (Fsp3) is 0.176. The van der Waals surface area contributed by atoms with Gasteiger partial charge < -0.3 is 24.3 Å². The molecule has 0 aromatic heterocycles. The molecule has 0 fully saturated rings. The minimum Gasteiger partial charge on any atom is -0.496 e. The number of anilines is 1. The first-order valence-corrected chi connectivity index (χ1v) is 7.12. The number of esters is 1. The summed E-state index contributed by atoms with van der Waals surface area (Å²) < 4.78 is 21.0. The zero-order valence-corrected chi connectivity index (χ0v) is 13.1. The highest BCUT2D eigenvalue weighted by molar-refractivity contribution is 5.98. The van der Waals surface area contributed by atoms with Crippen LogP contribution in [0.3, 0.4) is 0 Å². The molecule has 0 bridgehead atoms. The molecular formula is C17H15NO6. The van der Waals surface area contributed by atoms with Crippen LogP contribution in [0.4, 0.5) is 5.69 Å². The summed E-state index contributed by atoms with van der Waals surface area (Å²) >= 11 is 0. The summed E-state index contributed by atoms with van der Waals surface area (Å²) in [5.41, 5.74) is 0.629. The van der Waals surface area contributed by atoms with Crippen molar-refractivity contribution in [2.75, 3.05) is 26.1 Å². The average molecular weight is 329 g/mol. The van der Waals surface area contributed by atoms with Gasteiger partial charge in [0.2, 0.25) is 0 Å². The maximum Gasteiger partial charge on any atom is 0.351 e. The van der Waals surface area contributed by atoms with Crippen LogP contribution in [0.15, 0.2) is 36.4 Å². The number of nitrogens with one attached hydrogen (secondary N) is 1. The van der Waals surface area contributed by atoms with Crippen LogP contribution in [0.25, 0.3) is 0 Å². The molecule has 0 radical (unpaired) electrons. The molecule has 3 rings (SSSR count). The van der Waals surface area contributed by atoms with E-state index >= 15 is 0 Å². The molecule has 1 N–H and O–H groups in total. The van der Waals surface area contributed by atoms with Crippen LogP contribution in [-0.4, -0.2) is 32.7 Å². The highest BCUT2D eigenvalue weighted by Crippen LogP contribution is 2.33. The van der Waals surface area contributed by atoms with Crippen molar-refractivity contribution in [2.24, 2.45) is 0 Å². The van der Waals surface area contributed by atoms with E-state index in [9.17, 15) is 9.59 Å². The predicted molar refractivity (Wildman–Crippen MR) is 85.1 cm³/mol. The number of carbonyl (C=O) groups is 2. The number of ether oxygens (including phenoxy) is 4. The van der Waals surface area contributed by atoms with Gasteiger partial charge in [-0.2, -0.15) is 0 Å². The number of hydrogen-bond donors (Lipinski definition) is 1. The van der Waals surface area contributed by atoms with E-state index in [0.29, 0.717) is 22.9 Å². The minimum atomic E-state index is -0.632. The molecule has 1 aliphatic heterocycles. The van der Waals surface area contributed by atoms with Crippen LogP contribution in [0, 0.1) is 0 Å². The normalized spacial score (nSPS) is 12.5. The van der Waals surface area contributed by atoms with Gasteiger partial charge in [0.1, 0.15) is 28.6 Å². The molecule has 0 atom stereocenters. The van der Waals surface area contributed by atoms with Crippen molar-refractivity contribution in [1.82, 2.24) is 0 Å². The van der Waals surface area contributed by atoms with Gasteiger partial charge >= 0.3 is 5.97 Å². The SMILES string of the molecule is COc1cccc(OC)c1C(=O)Oc1ccc2c(c1)NC(=O)CO2. The van der Waals surface area contributed by atoms with Gasteiger partial charge in [-0.1, -0.05) is 6.07 Å². The fourth-order valence-corrected chi connectivity index (χ4v) is 2.34. The highest BCUT2D eigenvalue weighted by Gasteiger charge is 2.22. The smallest absolute Gasteiger partial charge is 0.351 e. The lowest BCUT2D eigenvalue weighted by Gasteiger charge is -2.18. The molecule has 2 aromatic rings. The van der Waals surface area contributed by atoms with Crippen LogP contribution in [0.1, 0.15) is 10.4 Å². The monoisotopic (exact) mass is 329 g/mol. The Kier molecular flexibility index (Phi) is 4.24. The Morgan fingerprint density at radius 2 is 1.83 bits per heavy atom. The van der Waals surface area contributed by atoms with Gasteiger partial charge in [-0.3, -0.25) is 4.79 Å². The Labute approximate surface area is 138 Å². The molecule has 0 unspecified atom stereocenters. The lowest BCUT2D eigenvalue weighted by Crippen LogP contribution is -2.25. The van der Waals surface area contributed by atoms with Crippen molar-refractivity contribution in [1.29, 1.82) is 0 Å². The van der Waals surface area contributed by atoms with E-state index in [2.05, 4.69) is 5.32 Å². The standard InChI is InChI=1S/C17H15NO6/c1-21-13-4-3-5-14(22-2)16(13)17(20)24-10-6-7-12-11(8-10)18-15(19)9-23-12/h3-8H,9H2,1-2H3,(H,18,19). The molecule has 0 aliphatic carbocycles. The molecule has 1 aliphatic rings. The lowest BCUT2D eigenvalue weighted by atomic mass is 10.1. The molecule has 1 heterocycles. The number of hydrogen-bond acceptors (Lipinski definition) is 6. The van der Waals surface area contributed by atoms with Gasteiger partial charge in [0.15, 0.2) is 6.61 Å². The van der Waals surface area contributed by atoms with Gasteiger partial charge in [-0.25, -0.2) is 4.79 Å².